The summed E-state index contributed by atoms with van der Waals surface area (Å²) >= 11 is 0. The molecule has 0 aliphatic carbocycles. The lowest BCUT2D eigenvalue weighted by Crippen LogP contribution is -2.54. The Morgan fingerprint density at radius 3 is 2.58 bits per heavy atom. The van der Waals surface area contributed by atoms with E-state index in [1.54, 1.807) is 18.2 Å². The third-order valence-corrected chi connectivity index (χ3v) is 9.76. The Labute approximate surface area is 327 Å². The Morgan fingerprint density at radius 1 is 1.09 bits per heavy atom. The number of aliphatic hydroxyl groups excluding tert-OH is 1. The standard InChI is InChI=1S/C39H41F3N6O7.C2H6/c1-23-18-25(47-14-17-54-22-32(47)39(2,41)42)20-28(40)33(23)35(50)45-29(37(52)55-16-6-4-5-15-49)19-24-9-10-30(34-26(24)8-7-12-44-34)48-36(51)27-11-13-43-21-31(27)46(3)38(48)53;1-2/h7-13,18,20-21,29,32,49H,4-6,14-17,19,22H2,1-3H3,(H,45,50);1-2H3/t29?,32-;/m1./s1. The van der Waals surface area contributed by atoms with E-state index in [2.05, 4.69) is 15.3 Å². The van der Waals surface area contributed by atoms with Crippen molar-refractivity contribution in [3.05, 3.63) is 104 Å². The zero-order valence-electron chi connectivity index (χ0n) is 32.6. The van der Waals surface area contributed by atoms with Crippen LogP contribution in [-0.4, -0.2) is 87.1 Å². The monoisotopic (exact) mass is 792 g/mol. The summed E-state index contributed by atoms with van der Waals surface area (Å²) in [5, 5.41) is 12.5. The molecule has 1 amide bonds. The second-order valence-corrected chi connectivity index (χ2v) is 13.6. The Morgan fingerprint density at radius 2 is 1.86 bits per heavy atom. The van der Waals surface area contributed by atoms with Gasteiger partial charge in [-0.25, -0.2) is 27.3 Å². The number of nitrogens with zero attached hydrogens (tertiary/aromatic N) is 5. The van der Waals surface area contributed by atoms with Crippen LogP contribution < -0.4 is 21.5 Å². The van der Waals surface area contributed by atoms with Gasteiger partial charge in [0.2, 0.25) is 0 Å². The number of hydrogen-bond acceptors (Lipinski definition) is 10. The van der Waals surface area contributed by atoms with Crippen LogP contribution in [0.5, 0.6) is 0 Å². The van der Waals surface area contributed by atoms with E-state index >= 15 is 4.39 Å². The number of aromatic nitrogens is 4. The molecule has 0 bridgehead atoms. The lowest BCUT2D eigenvalue weighted by atomic mass is 9.98. The normalized spacial score (nSPS) is 14.9. The third kappa shape index (κ3) is 9.18. The summed E-state index contributed by atoms with van der Waals surface area (Å²) in [7, 11) is 1.52. The number of nitrogens with one attached hydrogen (secondary N) is 1. The van der Waals surface area contributed by atoms with Gasteiger partial charge in [0.15, 0.2) is 0 Å². The molecule has 1 fully saturated rings. The minimum absolute atomic E-state index is 0.000996. The van der Waals surface area contributed by atoms with E-state index in [0.717, 1.165) is 17.6 Å². The van der Waals surface area contributed by atoms with E-state index in [0.29, 0.717) is 35.7 Å². The van der Waals surface area contributed by atoms with Crippen LogP contribution in [0.15, 0.2) is 70.6 Å². The van der Waals surface area contributed by atoms with Crippen molar-refractivity contribution in [1.82, 2.24) is 24.4 Å². The summed E-state index contributed by atoms with van der Waals surface area (Å²) in [4.78, 5) is 64.4. The van der Waals surface area contributed by atoms with Gasteiger partial charge in [-0.1, -0.05) is 26.0 Å². The molecule has 1 unspecified atom stereocenters. The molecule has 1 aliphatic rings. The summed E-state index contributed by atoms with van der Waals surface area (Å²) in [5.74, 6) is -5.85. The zero-order valence-corrected chi connectivity index (χ0v) is 32.6. The predicted molar refractivity (Wildman–Crippen MR) is 210 cm³/mol. The van der Waals surface area contributed by atoms with Crippen LogP contribution >= 0.6 is 0 Å². The third-order valence-electron chi connectivity index (χ3n) is 9.76. The summed E-state index contributed by atoms with van der Waals surface area (Å²) in [6.07, 6.45) is 5.77. The first kappa shape index (κ1) is 42.5. The number of aliphatic hydroxyl groups is 1. The van der Waals surface area contributed by atoms with Crippen LogP contribution in [0, 0.1) is 12.7 Å². The van der Waals surface area contributed by atoms with Crippen molar-refractivity contribution in [3.8, 4) is 5.69 Å². The smallest absolute Gasteiger partial charge is 0.335 e. The average molecular weight is 793 g/mol. The lowest BCUT2D eigenvalue weighted by Gasteiger charge is -2.40. The molecule has 3 aromatic heterocycles. The van der Waals surface area contributed by atoms with E-state index in [1.807, 2.05) is 13.8 Å². The summed E-state index contributed by atoms with van der Waals surface area (Å²) in [6, 6.07) is 7.78. The molecular weight excluding hydrogens is 745 g/mol. The average Bonchev–Trinajstić information content (AvgIpc) is 3.20. The highest BCUT2D eigenvalue weighted by molar-refractivity contribution is 5.99. The number of ether oxygens (including phenoxy) is 2. The fourth-order valence-corrected chi connectivity index (χ4v) is 6.90. The molecule has 0 radical (unpaired) electrons. The van der Waals surface area contributed by atoms with Crippen molar-refractivity contribution in [3.63, 3.8) is 0 Å². The molecule has 1 aliphatic heterocycles. The van der Waals surface area contributed by atoms with E-state index in [4.69, 9.17) is 14.6 Å². The Bertz CT molecular complexity index is 2340. The summed E-state index contributed by atoms with van der Waals surface area (Å²) in [6.45, 7) is 6.23. The number of fused-ring (bicyclic) bond motifs is 2. The Balaban J connectivity index is 0.00000305. The maximum Gasteiger partial charge on any atom is 0.335 e. The first-order valence-electron chi connectivity index (χ1n) is 18.8. The number of benzene rings is 2. The minimum Gasteiger partial charge on any atom is -0.464 e. The number of aryl methyl sites for hydroxylation is 2. The maximum atomic E-state index is 15.8. The second-order valence-electron chi connectivity index (χ2n) is 13.6. The second kappa shape index (κ2) is 18.6. The lowest BCUT2D eigenvalue weighted by molar-refractivity contribution is -0.146. The molecule has 0 saturated carbocycles. The van der Waals surface area contributed by atoms with Crippen LogP contribution in [-0.2, 0) is 27.7 Å². The van der Waals surface area contributed by atoms with Crippen LogP contribution in [0.2, 0.25) is 0 Å². The molecule has 2 N–H and O–H groups in total. The largest absolute Gasteiger partial charge is 0.464 e. The van der Waals surface area contributed by atoms with Crippen molar-refractivity contribution < 1.29 is 37.3 Å². The van der Waals surface area contributed by atoms with Crippen molar-refractivity contribution in [2.75, 3.05) is 37.9 Å². The highest BCUT2D eigenvalue weighted by Crippen LogP contribution is 2.32. The molecule has 6 rings (SSSR count). The number of halogens is 3. The van der Waals surface area contributed by atoms with E-state index < -0.39 is 46.9 Å². The van der Waals surface area contributed by atoms with Gasteiger partial charge in [-0.15, -0.1) is 0 Å². The number of carbonyl (C=O) groups is 2. The Kier molecular flexibility index (Phi) is 13.8. The highest BCUT2D eigenvalue weighted by atomic mass is 19.3. The molecule has 1 saturated heterocycles. The molecule has 2 aromatic carbocycles. The predicted octanol–water partition coefficient (Wildman–Crippen LogP) is 5.01. The number of alkyl halides is 2. The number of rotatable bonds is 13. The van der Waals surface area contributed by atoms with Crippen LogP contribution in [0.25, 0.3) is 27.5 Å². The highest BCUT2D eigenvalue weighted by Gasteiger charge is 2.41. The van der Waals surface area contributed by atoms with E-state index in [9.17, 15) is 28.0 Å². The number of anilines is 1. The van der Waals surface area contributed by atoms with E-state index in [1.165, 1.54) is 60.2 Å². The number of unbranched alkanes of at least 4 members (excludes halogenated alkanes) is 2. The zero-order chi connectivity index (χ0) is 41.4. The first-order valence-corrected chi connectivity index (χ1v) is 18.8. The first-order chi connectivity index (χ1) is 27.3. The van der Waals surface area contributed by atoms with Gasteiger partial charge in [-0.3, -0.25) is 24.1 Å². The molecule has 5 aromatic rings. The van der Waals surface area contributed by atoms with Gasteiger partial charge in [-0.2, -0.15) is 0 Å². The van der Waals surface area contributed by atoms with Crippen molar-refractivity contribution in [2.45, 2.75) is 71.4 Å². The van der Waals surface area contributed by atoms with Gasteiger partial charge >= 0.3 is 11.7 Å². The molecule has 57 heavy (non-hydrogen) atoms. The van der Waals surface area contributed by atoms with Gasteiger partial charge in [0.05, 0.1) is 53.7 Å². The van der Waals surface area contributed by atoms with Crippen molar-refractivity contribution in [1.29, 1.82) is 0 Å². The summed E-state index contributed by atoms with van der Waals surface area (Å²) in [5.41, 5.74) is 0.0503. The Hall–Kier alpha value is -5.61. The van der Waals surface area contributed by atoms with Gasteiger partial charge < -0.3 is 24.8 Å². The van der Waals surface area contributed by atoms with Crippen LogP contribution in [0.4, 0.5) is 18.9 Å². The fourth-order valence-electron chi connectivity index (χ4n) is 6.90. The molecule has 2 atom stereocenters. The quantitative estimate of drug-likeness (QED) is 0.123. The van der Waals surface area contributed by atoms with Gasteiger partial charge in [-0.05, 0) is 67.6 Å². The molecule has 13 nitrogen and oxygen atoms in total. The number of amides is 1. The van der Waals surface area contributed by atoms with E-state index in [-0.39, 0.29) is 72.8 Å². The molecule has 4 heterocycles. The maximum absolute atomic E-state index is 15.8. The number of hydrogen-bond donors (Lipinski definition) is 2. The molecule has 304 valence electrons. The number of morpholine rings is 1. The summed E-state index contributed by atoms with van der Waals surface area (Å²) < 4.78 is 57.8. The number of pyridine rings is 2. The van der Waals surface area contributed by atoms with Crippen LogP contribution in [0.1, 0.15) is 61.5 Å². The molecule has 0 spiro atoms. The molecular formula is C41H47F3N6O7. The van der Waals surface area contributed by atoms with Crippen molar-refractivity contribution in [2.24, 2.45) is 7.05 Å². The van der Waals surface area contributed by atoms with Crippen molar-refractivity contribution >= 4 is 39.4 Å². The number of esters is 1. The number of carbonyl (C=O) groups excluding carboxylic acids is 2. The van der Waals surface area contributed by atoms with Gasteiger partial charge in [0.25, 0.3) is 17.4 Å². The minimum atomic E-state index is -3.15. The van der Waals surface area contributed by atoms with Crippen LogP contribution in [0.3, 0.4) is 0 Å². The topological polar surface area (TPSA) is 158 Å². The van der Waals surface area contributed by atoms with Gasteiger partial charge in [0, 0.05) is 57.0 Å². The fraction of sp³-hybridized carbons (Fsp3) is 0.415. The van der Waals surface area contributed by atoms with Gasteiger partial charge in [0.1, 0.15) is 17.9 Å². The molecule has 16 heteroatoms. The SMILES string of the molecule is CC.Cc1cc(N2CCOC[C@@H]2C(C)(F)F)cc(F)c1C(=O)NC(Cc1ccc(-n2c(=O)c3ccncc3n(C)c2=O)c2ncccc12)C(=O)OCCCCCO.